The van der Waals surface area contributed by atoms with Gasteiger partial charge in [0.1, 0.15) is 16.1 Å². The molecule has 2 aromatic heterocycles. The number of carbonyl (C=O) groups is 2. The molecule has 2 amide bonds. The molecule has 5 rings (SSSR count). The predicted molar refractivity (Wildman–Crippen MR) is 127 cm³/mol. The summed E-state index contributed by atoms with van der Waals surface area (Å²) in [6.45, 7) is 2.19. The number of hydrogen-bond acceptors (Lipinski definition) is 5. The van der Waals surface area contributed by atoms with Crippen molar-refractivity contribution >= 4 is 49.9 Å². The first kappa shape index (κ1) is 20.5. The molecule has 1 atom stereocenters. The lowest BCUT2D eigenvalue weighted by atomic mass is 9.88. The number of carbonyl (C=O) groups excluding carboxylic acids is 2. The molecule has 4 aromatic rings. The number of nitrogens with one attached hydrogen (secondary N) is 2. The second kappa shape index (κ2) is 7.91. The lowest BCUT2D eigenvalue weighted by Crippen LogP contribution is -2.24. The molecule has 6 nitrogen and oxygen atoms in total. The van der Waals surface area contributed by atoms with Gasteiger partial charge < -0.3 is 15.1 Å². The van der Waals surface area contributed by atoms with Gasteiger partial charge in [-0.3, -0.25) is 9.59 Å². The number of fused-ring (bicyclic) bond motifs is 4. The summed E-state index contributed by atoms with van der Waals surface area (Å²) in [5, 5.41) is 8.56. The molecule has 0 radical (unpaired) electrons. The van der Waals surface area contributed by atoms with Crippen LogP contribution in [0.1, 0.15) is 44.5 Å². The molecule has 1 aliphatic rings. The van der Waals surface area contributed by atoms with E-state index in [0.717, 1.165) is 40.5 Å². The number of hydrogen-bond donors (Lipinski definition) is 2. The van der Waals surface area contributed by atoms with E-state index in [1.165, 1.54) is 11.3 Å². The highest BCUT2D eigenvalue weighted by Crippen LogP contribution is 2.39. The van der Waals surface area contributed by atoms with E-state index in [4.69, 9.17) is 4.42 Å². The summed E-state index contributed by atoms with van der Waals surface area (Å²) < 4.78 is 5.46. The fraction of sp³-hybridized carbons (Fsp3) is 0.240. The first-order valence-electron chi connectivity index (χ1n) is 10.6. The van der Waals surface area contributed by atoms with Gasteiger partial charge in [0.15, 0.2) is 0 Å². The lowest BCUT2D eigenvalue weighted by molar-refractivity contribution is 0.0963. The second-order valence-corrected chi connectivity index (χ2v) is 9.34. The Morgan fingerprint density at radius 3 is 2.72 bits per heavy atom. The van der Waals surface area contributed by atoms with Crippen LogP contribution in [-0.4, -0.2) is 18.9 Å². The van der Waals surface area contributed by atoms with E-state index >= 15 is 0 Å². The molecule has 2 heterocycles. The van der Waals surface area contributed by atoms with Crippen LogP contribution in [0.15, 0.2) is 51.7 Å². The first-order valence-corrected chi connectivity index (χ1v) is 11.4. The monoisotopic (exact) mass is 446 g/mol. The summed E-state index contributed by atoms with van der Waals surface area (Å²) >= 11 is 1.42. The molecule has 162 valence electrons. The van der Waals surface area contributed by atoms with Crippen molar-refractivity contribution < 1.29 is 14.0 Å². The van der Waals surface area contributed by atoms with Crippen LogP contribution in [0, 0.1) is 5.92 Å². The quantitative estimate of drug-likeness (QED) is 0.351. The molecule has 0 aliphatic heterocycles. The third-order valence-corrected chi connectivity index (χ3v) is 7.25. The van der Waals surface area contributed by atoms with E-state index in [-0.39, 0.29) is 11.5 Å². The van der Waals surface area contributed by atoms with Crippen LogP contribution in [0.25, 0.3) is 21.7 Å². The van der Waals surface area contributed by atoms with Crippen molar-refractivity contribution in [2.45, 2.75) is 26.2 Å². The summed E-state index contributed by atoms with van der Waals surface area (Å²) in [6, 6.07) is 12.9. The minimum Gasteiger partial charge on any atom is -0.422 e. The molecule has 0 spiro atoms. The van der Waals surface area contributed by atoms with E-state index in [9.17, 15) is 14.4 Å². The zero-order valence-corrected chi connectivity index (χ0v) is 18.6. The van der Waals surface area contributed by atoms with Gasteiger partial charge in [-0.05, 0) is 53.6 Å². The number of anilines is 1. The molecule has 7 heteroatoms. The van der Waals surface area contributed by atoms with Gasteiger partial charge in [-0.15, -0.1) is 11.3 Å². The van der Waals surface area contributed by atoms with E-state index in [1.807, 2.05) is 30.3 Å². The predicted octanol–water partition coefficient (Wildman–Crippen LogP) is 4.74. The highest BCUT2D eigenvalue weighted by molar-refractivity contribution is 7.17. The van der Waals surface area contributed by atoms with Crippen molar-refractivity contribution in [3.05, 3.63) is 74.5 Å². The number of benzene rings is 2. The maximum atomic E-state index is 13.2. The smallest absolute Gasteiger partial charge is 0.349 e. The first-order chi connectivity index (χ1) is 15.5. The summed E-state index contributed by atoms with van der Waals surface area (Å²) in [6.07, 6.45) is 2.68. The highest BCUT2D eigenvalue weighted by atomic mass is 32.1. The van der Waals surface area contributed by atoms with Gasteiger partial charge in [0.05, 0.1) is 5.56 Å². The van der Waals surface area contributed by atoms with Crippen molar-refractivity contribution in [2.75, 3.05) is 12.4 Å². The summed E-state index contributed by atoms with van der Waals surface area (Å²) in [7, 11) is 1.58. The Balaban J connectivity index is 1.58. The summed E-state index contributed by atoms with van der Waals surface area (Å²) in [4.78, 5) is 39.5. The molecule has 0 fully saturated rings. The Hall–Kier alpha value is -3.45. The van der Waals surface area contributed by atoms with Crippen LogP contribution in [0.2, 0.25) is 0 Å². The van der Waals surface area contributed by atoms with E-state index in [2.05, 4.69) is 17.6 Å². The van der Waals surface area contributed by atoms with E-state index in [1.54, 1.807) is 19.2 Å². The molecule has 2 N–H and O–H groups in total. The van der Waals surface area contributed by atoms with Crippen LogP contribution < -0.4 is 16.3 Å². The van der Waals surface area contributed by atoms with Crippen LogP contribution in [-0.2, 0) is 12.8 Å². The maximum absolute atomic E-state index is 13.2. The molecular formula is C25H22N2O4S. The van der Waals surface area contributed by atoms with Gasteiger partial charge in [0, 0.05) is 17.3 Å². The van der Waals surface area contributed by atoms with Gasteiger partial charge >= 0.3 is 5.63 Å². The van der Waals surface area contributed by atoms with Crippen LogP contribution >= 0.6 is 11.3 Å². The molecule has 2 aromatic carbocycles. The van der Waals surface area contributed by atoms with Gasteiger partial charge in [-0.1, -0.05) is 37.3 Å². The molecular weight excluding hydrogens is 424 g/mol. The van der Waals surface area contributed by atoms with Crippen molar-refractivity contribution in [3.63, 3.8) is 0 Å². The van der Waals surface area contributed by atoms with Crippen molar-refractivity contribution in [2.24, 2.45) is 5.92 Å². The molecule has 0 saturated carbocycles. The zero-order valence-electron chi connectivity index (χ0n) is 17.8. The molecule has 32 heavy (non-hydrogen) atoms. The molecule has 0 saturated heterocycles. The standard InChI is InChI=1S/C25H22N2O4S/c1-13-7-9-16-20(11-13)32-24(21(16)23(29)26-2)27-22(28)18-12-17-15-6-4-3-5-14(15)8-10-19(17)31-25(18)30/h3-6,8,10,12-13H,7,9,11H2,1-2H3,(H,26,29)(H,27,28)/t13-/m0/s1. The maximum Gasteiger partial charge on any atom is 0.349 e. The third-order valence-electron chi connectivity index (χ3n) is 6.08. The van der Waals surface area contributed by atoms with Gasteiger partial charge in [-0.25, -0.2) is 4.79 Å². The SMILES string of the molecule is CNC(=O)c1c(NC(=O)c2cc3c(ccc4ccccc43)oc2=O)sc2c1CC[C@H](C)C2. The Kier molecular flexibility index (Phi) is 5.06. The zero-order chi connectivity index (χ0) is 22.4. The Bertz CT molecular complexity index is 1450. The highest BCUT2D eigenvalue weighted by Gasteiger charge is 2.28. The Morgan fingerprint density at radius 2 is 1.91 bits per heavy atom. The Morgan fingerprint density at radius 1 is 1.09 bits per heavy atom. The second-order valence-electron chi connectivity index (χ2n) is 8.24. The Labute approximate surface area is 188 Å². The number of rotatable bonds is 3. The van der Waals surface area contributed by atoms with E-state index < -0.39 is 11.5 Å². The van der Waals surface area contributed by atoms with Gasteiger partial charge in [0.25, 0.3) is 11.8 Å². The van der Waals surface area contributed by atoms with Crippen molar-refractivity contribution in [3.8, 4) is 0 Å². The largest absolute Gasteiger partial charge is 0.422 e. The normalized spacial score (nSPS) is 15.5. The third kappa shape index (κ3) is 3.39. The minimum absolute atomic E-state index is 0.0866. The lowest BCUT2D eigenvalue weighted by Gasteiger charge is -2.18. The molecule has 1 aliphatic carbocycles. The number of amides is 2. The molecule has 0 unspecified atom stereocenters. The van der Waals surface area contributed by atoms with Crippen LogP contribution in [0.5, 0.6) is 0 Å². The average Bonchev–Trinajstić information content (AvgIpc) is 3.14. The van der Waals surface area contributed by atoms with Crippen LogP contribution in [0.4, 0.5) is 5.00 Å². The number of thiophene rings is 1. The topological polar surface area (TPSA) is 88.4 Å². The van der Waals surface area contributed by atoms with Crippen LogP contribution in [0.3, 0.4) is 0 Å². The fourth-order valence-electron chi connectivity index (χ4n) is 4.40. The fourth-order valence-corrected chi connectivity index (χ4v) is 5.81. The van der Waals surface area contributed by atoms with Crippen molar-refractivity contribution in [1.82, 2.24) is 5.32 Å². The average molecular weight is 447 g/mol. The molecule has 0 bridgehead atoms. The summed E-state index contributed by atoms with van der Waals surface area (Å²) in [5.74, 6) is -0.280. The van der Waals surface area contributed by atoms with E-state index in [0.29, 0.717) is 27.5 Å². The van der Waals surface area contributed by atoms with Gasteiger partial charge in [-0.2, -0.15) is 0 Å². The minimum atomic E-state index is -0.707. The van der Waals surface area contributed by atoms with Crippen molar-refractivity contribution in [1.29, 1.82) is 0 Å². The van der Waals surface area contributed by atoms with Gasteiger partial charge in [0.2, 0.25) is 0 Å². The summed E-state index contributed by atoms with van der Waals surface area (Å²) in [5.41, 5.74) is 1.14.